The maximum absolute atomic E-state index is 13.1. The van der Waals surface area contributed by atoms with E-state index in [0.717, 1.165) is 48.6 Å². The number of anilines is 1. The molecule has 0 radical (unpaired) electrons. The second-order valence-corrected chi connectivity index (χ2v) is 7.69. The number of amides is 2. The highest BCUT2D eigenvalue weighted by Gasteiger charge is 2.28. The smallest absolute Gasteiger partial charge is 0.241 e. The minimum absolute atomic E-state index is 0.0411. The van der Waals surface area contributed by atoms with Crippen molar-refractivity contribution in [2.45, 2.75) is 25.2 Å². The molecule has 1 aliphatic rings. The first-order chi connectivity index (χ1) is 14.6. The highest BCUT2D eigenvalue weighted by Crippen LogP contribution is 2.29. The fraction of sp³-hybridized carbons (Fsp3) is 0.348. The molecule has 7 heteroatoms. The molecule has 1 fully saturated rings. The summed E-state index contributed by atoms with van der Waals surface area (Å²) >= 11 is 0. The van der Waals surface area contributed by atoms with Crippen LogP contribution in [0.15, 0.2) is 59.0 Å². The van der Waals surface area contributed by atoms with Crippen molar-refractivity contribution in [3.63, 3.8) is 0 Å². The van der Waals surface area contributed by atoms with Crippen LogP contribution >= 0.6 is 0 Å². The van der Waals surface area contributed by atoms with Crippen molar-refractivity contribution in [2.24, 2.45) is 5.73 Å². The van der Waals surface area contributed by atoms with Crippen molar-refractivity contribution in [3.05, 3.63) is 60.5 Å². The lowest BCUT2D eigenvalue weighted by Gasteiger charge is -2.32. The molecule has 0 spiro atoms. The van der Waals surface area contributed by atoms with Crippen LogP contribution in [0.1, 0.15) is 31.1 Å². The van der Waals surface area contributed by atoms with E-state index in [2.05, 4.69) is 9.88 Å². The molecule has 156 valence electrons. The van der Waals surface area contributed by atoms with Crippen molar-refractivity contribution >= 4 is 28.6 Å². The number of piperidine rings is 1. The Hall–Kier alpha value is -3.19. The van der Waals surface area contributed by atoms with Gasteiger partial charge in [0, 0.05) is 31.1 Å². The van der Waals surface area contributed by atoms with E-state index < -0.39 is 5.91 Å². The molecule has 1 aromatic heterocycles. The normalized spacial score (nSPS) is 17.1. The topological polar surface area (TPSA) is 92.7 Å². The SMILES string of the molecule is NC(=O)CCN(C(=O)CN1CCCC(c2nc3ccccc3o2)C1)c1ccccc1. The number of rotatable bonds is 7. The zero-order valence-corrected chi connectivity index (χ0v) is 16.9. The Bertz CT molecular complexity index is 984. The zero-order valence-electron chi connectivity index (χ0n) is 16.9. The molecule has 7 nitrogen and oxygen atoms in total. The number of aromatic nitrogens is 1. The van der Waals surface area contributed by atoms with Crippen LogP contribution in [-0.4, -0.2) is 47.9 Å². The molecule has 1 aliphatic heterocycles. The van der Waals surface area contributed by atoms with Gasteiger partial charge in [0.05, 0.1) is 6.54 Å². The van der Waals surface area contributed by atoms with Gasteiger partial charge in [0.15, 0.2) is 11.5 Å². The van der Waals surface area contributed by atoms with Crippen LogP contribution in [0.5, 0.6) is 0 Å². The van der Waals surface area contributed by atoms with E-state index in [4.69, 9.17) is 10.2 Å². The number of nitrogens with zero attached hydrogens (tertiary/aromatic N) is 3. The summed E-state index contributed by atoms with van der Waals surface area (Å²) in [7, 11) is 0. The molecule has 30 heavy (non-hydrogen) atoms. The Kier molecular flexibility index (Phi) is 6.09. The Morgan fingerprint density at radius 1 is 1.13 bits per heavy atom. The van der Waals surface area contributed by atoms with Gasteiger partial charge in [-0.2, -0.15) is 0 Å². The summed E-state index contributed by atoms with van der Waals surface area (Å²) in [6.07, 6.45) is 2.09. The number of carbonyl (C=O) groups is 2. The standard InChI is InChI=1S/C23H26N4O3/c24-21(28)12-14-27(18-8-2-1-3-9-18)22(29)16-26-13-6-7-17(15-26)23-25-19-10-4-5-11-20(19)30-23/h1-5,8-11,17H,6-7,12-16H2,(H2,24,28). The van der Waals surface area contributed by atoms with Crippen LogP contribution in [0.25, 0.3) is 11.1 Å². The van der Waals surface area contributed by atoms with Gasteiger partial charge < -0.3 is 15.1 Å². The summed E-state index contributed by atoms with van der Waals surface area (Å²) in [5, 5.41) is 0. The number of oxazole rings is 1. The van der Waals surface area contributed by atoms with E-state index in [1.807, 2.05) is 54.6 Å². The van der Waals surface area contributed by atoms with Crippen molar-refractivity contribution < 1.29 is 14.0 Å². The average molecular weight is 406 g/mol. The van der Waals surface area contributed by atoms with Gasteiger partial charge in [-0.3, -0.25) is 14.5 Å². The molecule has 1 atom stereocenters. The van der Waals surface area contributed by atoms with Gasteiger partial charge in [-0.05, 0) is 43.7 Å². The van der Waals surface area contributed by atoms with Crippen molar-refractivity contribution in [3.8, 4) is 0 Å². The molecule has 0 bridgehead atoms. The van der Waals surface area contributed by atoms with Crippen LogP contribution in [0.3, 0.4) is 0 Å². The van der Waals surface area contributed by atoms with Gasteiger partial charge in [-0.1, -0.05) is 30.3 Å². The minimum Gasteiger partial charge on any atom is -0.440 e. The van der Waals surface area contributed by atoms with Crippen molar-refractivity contribution in [1.82, 2.24) is 9.88 Å². The number of para-hydroxylation sites is 3. The number of benzene rings is 2. The number of carbonyl (C=O) groups excluding carboxylic acids is 2. The molecule has 3 aromatic rings. The van der Waals surface area contributed by atoms with Crippen LogP contribution in [0.2, 0.25) is 0 Å². The molecular weight excluding hydrogens is 380 g/mol. The molecule has 1 saturated heterocycles. The molecule has 2 amide bonds. The Labute approximate surface area is 175 Å². The van der Waals surface area contributed by atoms with E-state index in [-0.39, 0.29) is 31.3 Å². The summed E-state index contributed by atoms with van der Waals surface area (Å²) < 4.78 is 5.96. The summed E-state index contributed by atoms with van der Waals surface area (Å²) in [5.74, 6) is 0.440. The van der Waals surface area contributed by atoms with Crippen molar-refractivity contribution in [2.75, 3.05) is 31.1 Å². The second kappa shape index (κ2) is 9.09. The van der Waals surface area contributed by atoms with Gasteiger partial charge in [0.2, 0.25) is 11.8 Å². The average Bonchev–Trinajstić information content (AvgIpc) is 3.19. The predicted octanol–water partition coefficient (Wildman–Crippen LogP) is 2.92. The first-order valence-corrected chi connectivity index (χ1v) is 10.3. The molecule has 2 N–H and O–H groups in total. The molecular formula is C23H26N4O3. The fourth-order valence-electron chi connectivity index (χ4n) is 3.97. The predicted molar refractivity (Wildman–Crippen MR) is 115 cm³/mol. The monoisotopic (exact) mass is 406 g/mol. The van der Waals surface area contributed by atoms with Gasteiger partial charge >= 0.3 is 0 Å². The lowest BCUT2D eigenvalue weighted by Crippen LogP contribution is -2.44. The molecule has 4 rings (SSSR count). The number of likely N-dealkylation sites (tertiary alicyclic amines) is 1. The summed E-state index contributed by atoms with van der Waals surface area (Å²) in [6, 6.07) is 17.2. The first kappa shape index (κ1) is 20.1. The Morgan fingerprint density at radius 3 is 2.67 bits per heavy atom. The number of fused-ring (bicyclic) bond motifs is 1. The highest BCUT2D eigenvalue weighted by molar-refractivity contribution is 5.95. The second-order valence-electron chi connectivity index (χ2n) is 7.69. The Balaban J connectivity index is 1.44. The summed E-state index contributed by atoms with van der Waals surface area (Å²) in [6.45, 7) is 2.13. The number of hydrogen-bond acceptors (Lipinski definition) is 5. The van der Waals surface area contributed by atoms with Gasteiger partial charge in [-0.25, -0.2) is 4.98 Å². The quantitative estimate of drug-likeness (QED) is 0.651. The molecule has 0 saturated carbocycles. The van der Waals surface area contributed by atoms with Crippen LogP contribution in [0, 0.1) is 0 Å². The first-order valence-electron chi connectivity index (χ1n) is 10.3. The molecule has 2 heterocycles. The Morgan fingerprint density at radius 2 is 1.90 bits per heavy atom. The van der Waals surface area contributed by atoms with E-state index in [1.165, 1.54) is 0 Å². The maximum atomic E-state index is 13.1. The molecule has 0 aliphatic carbocycles. The van der Waals surface area contributed by atoms with E-state index in [9.17, 15) is 9.59 Å². The third kappa shape index (κ3) is 4.68. The van der Waals surface area contributed by atoms with Gasteiger partial charge in [0.1, 0.15) is 5.52 Å². The highest BCUT2D eigenvalue weighted by atomic mass is 16.3. The van der Waals surface area contributed by atoms with Crippen LogP contribution in [-0.2, 0) is 9.59 Å². The van der Waals surface area contributed by atoms with Crippen LogP contribution < -0.4 is 10.6 Å². The van der Waals surface area contributed by atoms with Gasteiger partial charge in [0.25, 0.3) is 0 Å². The molecule has 1 unspecified atom stereocenters. The summed E-state index contributed by atoms with van der Waals surface area (Å²) in [5.41, 5.74) is 7.74. The fourth-order valence-corrected chi connectivity index (χ4v) is 3.97. The zero-order chi connectivity index (χ0) is 20.9. The van der Waals surface area contributed by atoms with E-state index in [1.54, 1.807) is 4.90 Å². The molecule has 2 aromatic carbocycles. The van der Waals surface area contributed by atoms with Crippen molar-refractivity contribution in [1.29, 1.82) is 0 Å². The number of nitrogens with two attached hydrogens (primary N) is 1. The number of primary amides is 1. The minimum atomic E-state index is -0.419. The van der Waals surface area contributed by atoms with E-state index >= 15 is 0 Å². The van der Waals surface area contributed by atoms with E-state index in [0.29, 0.717) is 0 Å². The third-order valence-corrected chi connectivity index (χ3v) is 5.47. The number of hydrogen-bond donors (Lipinski definition) is 1. The van der Waals surface area contributed by atoms with Gasteiger partial charge in [-0.15, -0.1) is 0 Å². The van der Waals surface area contributed by atoms with Crippen LogP contribution in [0.4, 0.5) is 5.69 Å². The third-order valence-electron chi connectivity index (χ3n) is 5.47. The largest absolute Gasteiger partial charge is 0.440 e. The maximum Gasteiger partial charge on any atom is 0.241 e. The summed E-state index contributed by atoms with van der Waals surface area (Å²) in [4.78, 5) is 32.8. The lowest BCUT2D eigenvalue weighted by atomic mass is 9.98. The lowest BCUT2D eigenvalue weighted by molar-refractivity contribution is -0.120.